The first-order valence-corrected chi connectivity index (χ1v) is 8.40. The summed E-state index contributed by atoms with van der Waals surface area (Å²) in [6.45, 7) is 4.96. The van der Waals surface area contributed by atoms with Crippen LogP contribution in [0, 0.1) is 0 Å². The monoisotopic (exact) mass is 270 g/mol. The van der Waals surface area contributed by atoms with E-state index in [0.29, 0.717) is 12.1 Å². The van der Waals surface area contributed by atoms with E-state index in [1.807, 2.05) is 0 Å². The van der Waals surface area contributed by atoms with Crippen molar-refractivity contribution in [2.75, 3.05) is 13.1 Å². The van der Waals surface area contributed by atoms with Crippen LogP contribution >= 0.6 is 0 Å². The predicted octanol–water partition coefficient (Wildman–Crippen LogP) is 3.45. The summed E-state index contributed by atoms with van der Waals surface area (Å²) in [4.78, 5) is 2.70. The third kappa shape index (κ3) is 2.40. The zero-order chi connectivity index (χ0) is 13.5. The van der Waals surface area contributed by atoms with Crippen molar-refractivity contribution in [3.05, 3.63) is 35.4 Å². The second-order valence-electron chi connectivity index (χ2n) is 7.04. The zero-order valence-electron chi connectivity index (χ0n) is 12.5. The minimum atomic E-state index is 0.589. The van der Waals surface area contributed by atoms with Crippen LogP contribution in [0.4, 0.5) is 0 Å². The highest BCUT2D eigenvalue weighted by Crippen LogP contribution is 2.38. The van der Waals surface area contributed by atoms with Crippen LogP contribution in [0.15, 0.2) is 24.3 Å². The molecule has 1 heterocycles. The van der Waals surface area contributed by atoms with Gasteiger partial charge in [-0.25, -0.2) is 0 Å². The molecule has 3 unspecified atom stereocenters. The number of hydrogen-bond acceptors (Lipinski definition) is 2. The van der Waals surface area contributed by atoms with Crippen molar-refractivity contribution in [3.8, 4) is 0 Å². The maximum Gasteiger partial charge on any atom is 0.0326 e. The Hall–Kier alpha value is -0.860. The fourth-order valence-corrected chi connectivity index (χ4v) is 4.16. The topological polar surface area (TPSA) is 15.3 Å². The van der Waals surface area contributed by atoms with Gasteiger partial charge in [0.15, 0.2) is 0 Å². The molecule has 20 heavy (non-hydrogen) atoms. The molecule has 1 saturated carbocycles. The minimum absolute atomic E-state index is 0.589. The molecule has 0 spiro atoms. The van der Waals surface area contributed by atoms with Gasteiger partial charge in [0, 0.05) is 31.2 Å². The lowest BCUT2D eigenvalue weighted by atomic mass is 9.81. The Labute approximate surface area is 122 Å². The van der Waals surface area contributed by atoms with Crippen LogP contribution in [0.2, 0.25) is 0 Å². The van der Waals surface area contributed by atoms with Crippen molar-refractivity contribution in [1.29, 1.82) is 0 Å². The van der Waals surface area contributed by atoms with Gasteiger partial charge in [-0.1, -0.05) is 31.2 Å². The standard InChI is InChI=1S/C18H26N2/c1-13-6-9-18(17-5-3-2-4-16(13)17)19-14-10-11-20(12-14)15-7-8-15/h2-5,13-15,18-19H,6-12H2,1H3. The van der Waals surface area contributed by atoms with E-state index in [1.54, 1.807) is 11.1 Å². The molecule has 1 N–H and O–H groups in total. The summed E-state index contributed by atoms with van der Waals surface area (Å²) in [6.07, 6.45) is 6.85. The fraction of sp³-hybridized carbons (Fsp3) is 0.667. The van der Waals surface area contributed by atoms with Gasteiger partial charge in [0.25, 0.3) is 0 Å². The van der Waals surface area contributed by atoms with Gasteiger partial charge in [0.2, 0.25) is 0 Å². The Balaban J connectivity index is 1.45. The molecule has 2 aliphatic carbocycles. The summed E-state index contributed by atoms with van der Waals surface area (Å²) < 4.78 is 0. The van der Waals surface area contributed by atoms with Crippen molar-refractivity contribution in [2.24, 2.45) is 0 Å². The minimum Gasteiger partial charge on any atom is -0.306 e. The highest BCUT2D eigenvalue weighted by atomic mass is 15.2. The smallest absolute Gasteiger partial charge is 0.0326 e. The van der Waals surface area contributed by atoms with E-state index in [2.05, 4.69) is 41.4 Å². The molecule has 0 bridgehead atoms. The summed E-state index contributed by atoms with van der Waals surface area (Å²) in [6, 6.07) is 11.3. The number of nitrogens with one attached hydrogen (secondary N) is 1. The maximum absolute atomic E-state index is 3.97. The van der Waals surface area contributed by atoms with Crippen LogP contribution in [-0.4, -0.2) is 30.1 Å². The third-order valence-electron chi connectivity index (χ3n) is 5.51. The summed E-state index contributed by atoms with van der Waals surface area (Å²) in [7, 11) is 0. The fourth-order valence-electron chi connectivity index (χ4n) is 4.16. The lowest BCUT2D eigenvalue weighted by Gasteiger charge is -2.32. The second kappa shape index (κ2) is 5.16. The molecule has 108 valence electrons. The lowest BCUT2D eigenvalue weighted by Crippen LogP contribution is -2.37. The van der Waals surface area contributed by atoms with Gasteiger partial charge in [-0.05, 0) is 49.1 Å². The molecule has 1 aromatic carbocycles. The average molecular weight is 270 g/mol. The largest absolute Gasteiger partial charge is 0.306 e. The summed E-state index contributed by atoms with van der Waals surface area (Å²) >= 11 is 0. The molecule has 4 rings (SSSR count). The first kappa shape index (κ1) is 12.8. The van der Waals surface area contributed by atoms with Crippen molar-refractivity contribution >= 4 is 0 Å². The number of fused-ring (bicyclic) bond motifs is 1. The Bertz CT molecular complexity index is 480. The van der Waals surface area contributed by atoms with Gasteiger partial charge < -0.3 is 5.32 Å². The van der Waals surface area contributed by atoms with Gasteiger partial charge in [0.05, 0.1) is 0 Å². The Morgan fingerprint density at radius 1 is 1.00 bits per heavy atom. The van der Waals surface area contributed by atoms with Gasteiger partial charge in [-0.3, -0.25) is 4.90 Å². The molecule has 1 aliphatic heterocycles. The molecule has 3 aliphatic rings. The number of likely N-dealkylation sites (tertiary alicyclic amines) is 1. The quantitative estimate of drug-likeness (QED) is 0.905. The van der Waals surface area contributed by atoms with Crippen LogP contribution in [-0.2, 0) is 0 Å². The van der Waals surface area contributed by atoms with Crippen molar-refractivity contribution in [1.82, 2.24) is 10.2 Å². The summed E-state index contributed by atoms with van der Waals surface area (Å²) in [5, 5.41) is 3.97. The molecule has 2 heteroatoms. The molecule has 1 aromatic rings. The third-order valence-corrected chi connectivity index (χ3v) is 5.51. The van der Waals surface area contributed by atoms with Gasteiger partial charge in [-0.15, -0.1) is 0 Å². The maximum atomic E-state index is 3.97. The SMILES string of the molecule is CC1CCC(NC2CCN(C3CC3)C2)c2ccccc21. The van der Waals surface area contributed by atoms with Crippen molar-refractivity contribution < 1.29 is 0 Å². The van der Waals surface area contributed by atoms with E-state index in [0.717, 1.165) is 12.0 Å². The van der Waals surface area contributed by atoms with Gasteiger partial charge in [0.1, 0.15) is 0 Å². The number of nitrogens with zero attached hydrogens (tertiary/aromatic N) is 1. The van der Waals surface area contributed by atoms with Gasteiger partial charge in [-0.2, -0.15) is 0 Å². The molecular weight excluding hydrogens is 244 g/mol. The first-order chi connectivity index (χ1) is 9.81. The zero-order valence-corrected chi connectivity index (χ0v) is 12.5. The van der Waals surface area contributed by atoms with E-state index < -0.39 is 0 Å². The van der Waals surface area contributed by atoms with E-state index in [-0.39, 0.29) is 0 Å². The lowest BCUT2D eigenvalue weighted by molar-refractivity contribution is 0.307. The molecule has 0 amide bonds. The van der Waals surface area contributed by atoms with E-state index in [1.165, 1.54) is 45.2 Å². The molecule has 2 fully saturated rings. The average Bonchev–Trinajstić information content (AvgIpc) is 3.23. The van der Waals surface area contributed by atoms with Crippen molar-refractivity contribution in [2.45, 2.75) is 63.1 Å². The number of hydrogen-bond donors (Lipinski definition) is 1. The van der Waals surface area contributed by atoms with E-state index in [4.69, 9.17) is 0 Å². The second-order valence-corrected chi connectivity index (χ2v) is 7.04. The Kier molecular flexibility index (Phi) is 3.31. The highest BCUT2D eigenvalue weighted by molar-refractivity contribution is 5.35. The molecule has 2 nitrogen and oxygen atoms in total. The summed E-state index contributed by atoms with van der Waals surface area (Å²) in [5.74, 6) is 0.732. The van der Waals surface area contributed by atoms with Crippen molar-refractivity contribution in [3.63, 3.8) is 0 Å². The Morgan fingerprint density at radius 3 is 2.60 bits per heavy atom. The molecule has 1 saturated heterocycles. The predicted molar refractivity (Wildman–Crippen MR) is 83.0 cm³/mol. The number of rotatable bonds is 3. The van der Waals surface area contributed by atoms with Crippen LogP contribution in [0.5, 0.6) is 0 Å². The van der Waals surface area contributed by atoms with Crippen LogP contribution in [0.3, 0.4) is 0 Å². The van der Waals surface area contributed by atoms with Crippen LogP contribution < -0.4 is 5.32 Å². The van der Waals surface area contributed by atoms with Crippen LogP contribution in [0.25, 0.3) is 0 Å². The van der Waals surface area contributed by atoms with Gasteiger partial charge >= 0.3 is 0 Å². The molecule has 3 atom stereocenters. The normalized spacial score (nSPS) is 34.1. The van der Waals surface area contributed by atoms with E-state index >= 15 is 0 Å². The molecular formula is C18H26N2. The Morgan fingerprint density at radius 2 is 1.80 bits per heavy atom. The summed E-state index contributed by atoms with van der Waals surface area (Å²) in [5.41, 5.74) is 3.14. The van der Waals surface area contributed by atoms with E-state index in [9.17, 15) is 0 Å². The molecule has 0 radical (unpaired) electrons. The molecule has 0 aromatic heterocycles. The number of benzene rings is 1. The highest BCUT2D eigenvalue weighted by Gasteiger charge is 2.35. The first-order valence-electron chi connectivity index (χ1n) is 8.40. The van der Waals surface area contributed by atoms with Crippen LogP contribution in [0.1, 0.15) is 62.1 Å².